The van der Waals surface area contributed by atoms with Crippen LogP contribution in [0.1, 0.15) is 11.4 Å². The minimum absolute atomic E-state index is 0.103. The van der Waals surface area contributed by atoms with Crippen molar-refractivity contribution in [2.45, 2.75) is 30.1 Å². The highest BCUT2D eigenvalue weighted by atomic mass is 32.2. The lowest BCUT2D eigenvalue weighted by molar-refractivity contribution is 0.143. The van der Waals surface area contributed by atoms with E-state index in [0.717, 1.165) is 5.69 Å². The second-order valence-corrected chi connectivity index (χ2v) is 9.28. The molecule has 0 aliphatic carbocycles. The first kappa shape index (κ1) is 19.1. The van der Waals surface area contributed by atoms with Crippen molar-refractivity contribution in [3.05, 3.63) is 78.5 Å². The Morgan fingerprint density at radius 3 is 2.27 bits per heavy atom. The van der Waals surface area contributed by atoms with Gasteiger partial charge in [-0.2, -0.15) is 4.31 Å². The van der Waals surface area contributed by atoms with E-state index in [1.807, 2.05) is 36.4 Å². The summed E-state index contributed by atoms with van der Waals surface area (Å²) in [5.74, 6) is 0.163. The number of ether oxygens (including phenoxy) is 1. The smallest absolute Gasteiger partial charge is 0.249 e. The molecule has 0 bridgehead atoms. The standard InChI is InChI=1S/C21H21N5O3S/c27-30(28)20-8-5-11-24-21(20)29-19-15-25(12-16-6-1-3-9-22-16)14-18(19)26(30)13-17-7-2-4-10-23-17/h1-11,18-19H,12-15H2/t18-,19-/m0/s1. The van der Waals surface area contributed by atoms with Crippen LogP contribution in [-0.4, -0.2) is 57.8 Å². The zero-order chi connectivity index (χ0) is 20.6. The van der Waals surface area contributed by atoms with Gasteiger partial charge in [0.15, 0.2) is 0 Å². The molecule has 0 amide bonds. The maximum absolute atomic E-state index is 13.6. The highest BCUT2D eigenvalue weighted by Gasteiger charge is 2.47. The number of sulfonamides is 1. The molecule has 3 aromatic rings. The van der Waals surface area contributed by atoms with Gasteiger partial charge in [-0.25, -0.2) is 13.4 Å². The van der Waals surface area contributed by atoms with Gasteiger partial charge in [-0.3, -0.25) is 14.9 Å². The number of nitrogens with zero attached hydrogens (tertiary/aromatic N) is 5. The van der Waals surface area contributed by atoms with Gasteiger partial charge in [-0.05, 0) is 36.4 Å². The third-order valence-corrected chi connectivity index (χ3v) is 7.31. The summed E-state index contributed by atoms with van der Waals surface area (Å²) in [6.45, 7) is 1.94. The molecule has 0 saturated carbocycles. The van der Waals surface area contributed by atoms with E-state index in [9.17, 15) is 8.42 Å². The third-order valence-electron chi connectivity index (χ3n) is 5.42. The second-order valence-electron chi connectivity index (χ2n) is 7.42. The molecule has 1 fully saturated rings. The van der Waals surface area contributed by atoms with Gasteiger partial charge in [-0.15, -0.1) is 0 Å². The number of likely N-dealkylation sites (tertiary alicyclic amines) is 1. The first-order valence-electron chi connectivity index (χ1n) is 9.77. The molecule has 1 saturated heterocycles. The van der Waals surface area contributed by atoms with Gasteiger partial charge in [-0.1, -0.05) is 12.1 Å². The second kappa shape index (κ2) is 7.75. The maximum Gasteiger partial charge on any atom is 0.249 e. The zero-order valence-electron chi connectivity index (χ0n) is 16.2. The fourth-order valence-electron chi connectivity index (χ4n) is 4.04. The topological polar surface area (TPSA) is 88.5 Å². The predicted molar refractivity (Wildman–Crippen MR) is 109 cm³/mol. The number of hydrogen-bond donors (Lipinski definition) is 0. The van der Waals surface area contributed by atoms with Gasteiger partial charge in [0, 0.05) is 38.2 Å². The van der Waals surface area contributed by atoms with Crippen LogP contribution >= 0.6 is 0 Å². The Bertz CT molecular complexity index is 1130. The van der Waals surface area contributed by atoms with E-state index in [2.05, 4.69) is 19.9 Å². The Labute approximate surface area is 175 Å². The number of pyridine rings is 3. The largest absolute Gasteiger partial charge is 0.470 e. The summed E-state index contributed by atoms with van der Waals surface area (Å²) in [5, 5.41) is 0. The van der Waals surface area contributed by atoms with Gasteiger partial charge in [0.25, 0.3) is 0 Å². The van der Waals surface area contributed by atoms with Crippen LogP contribution in [0.3, 0.4) is 0 Å². The molecule has 5 heterocycles. The molecule has 8 nitrogen and oxygen atoms in total. The zero-order valence-corrected chi connectivity index (χ0v) is 17.0. The van der Waals surface area contributed by atoms with Gasteiger partial charge in [0.2, 0.25) is 15.9 Å². The van der Waals surface area contributed by atoms with Crippen LogP contribution in [0, 0.1) is 0 Å². The van der Waals surface area contributed by atoms with Crippen LogP contribution in [0.15, 0.2) is 72.0 Å². The lowest BCUT2D eigenvalue weighted by Gasteiger charge is -2.27. The van der Waals surface area contributed by atoms with Gasteiger partial charge in [0.05, 0.1) is 24.0 Å². The Balaban J connectivity index is 1.51. The minimum atomic E-state index is -3.80. The molecule has 9 heteroatoms. The molecule has 0 N–H and O–H groups in total. The lowest BCUT2D eigenvalue weighted by Crippen LogP contribution is -2.46. The first-order valence-corrected chi connectivity index (χ1v) is 11.2. The van der Waals surface area contributed by atoms with Crippen LogP contribution < -0.4 is 4.74 Å². The molecule has 2 aliphatic heterocycles. The summed E-state index contributed by atoms with van der Waals surface area (Å²) in [5.41, 5.74) is 1.63. The van der Waals surface area contributed by atoms with Gasteiger partial charge >= 0.3 is 0 Å². The fourth-order valence-corrected chi connectivity index (χ4v) is 5.72. The lowest BCUT2D eigenvalue weighted by atomic mass is 10.2. The van der Waals surface area contributed by atoms with Gasteiger partial charge < -0.3 is 4.74 Å². The molecule has 0 aromatic carbocycles. The van der Waals surface area contributed by atoms with E-state index in [1.54, 1.807) is 30.7 Å². The molecule has 5 rings (SSSR count). The van der Waals surface area contributed by atoms with Gasteiger partial charge in [0.1, 0.15) is 11.0 Å². The summed E-state index contributed by atoms with van der Waals surface area (Å²) < 4.78 is 34.8. The highest BCUT2D eigenvalue weighted by molar-refractivity contribution is 7.89. The van der Waals surface area contributed by atoms with Crippen LogP contribution in [0.5, 0.6) is 5.88 Å². The molecule has 0 radical (unpaired) electrons. The normalized spacial score (nSPS) is 23.2. The van der Waals surface area contributed by atoms with Crippen molar-refractivity contribution in [3.8, 4) is 5.88 Å². The summed E-state index contributed by atoms with van der Waals surface area (Å²) in [7, 11) is -3.80. The average molecular weight is 423 g/mol. The van der Waals surface area contributed by atoms with Crippen LogP contribution in [0.2, 0.25) is 0 Å². The van der Waals surface area contributed by atoms with Crippen molar-refractivity contribution in [2.24, 2.45) is 0 Å². The van der Waals surface area contributed by atoms with Crippen molar-refractivity contribution in [1.82, 2.24) is 24.2 Å². The van der Waals surface area contributed by atoms with E-state index in [0.29, 0.717) is 25.3 Å². The molecule has 30 heavy (non-hydrogen) atoms. The highest BCUT2D eigenvalue weighted by Crippen LogP contribution is 2.35. The van der Waals surface area contributed by atoms with Crippen LogP contribution in [0.4, 0.5) is 0 Å². The molecule has 3 aromatic heterocycles. The van der Waals surface area contributed by atoms with E-state index in [1.165, 1.54) is 4.31 Å². The summed E-state index contributed by atoms with van der Waals surface area (Å²) in [6, 6.07) is 14.1. The van der Waals surface area contributed by atoms with E-state index in [-0.39, 0.29) is 29.5 Å². The van der Waals surface area contributed by atoms with Crippen molar-refractivity contribution < 1.29 is 13.2 Å². The van der Waals surface area contributed by atoms with Crippen LogP contribution in [-0.2, 0) is 23.1 Å². The monoisotopic (exact) mass is 423 g/mol. The van der Waals surface area contributed by atoms with E-state index in [4.69, 9.17) is 4.74 Å². The number of aromatic nitrogens is 3. The summed E-state index contributed by atoms with van der Waals surface area (Å²) >= 11 is 0. The summed E-state index contributed by atoms with van der Waals surface area (Å²) in [6.07, 6.45) is 4.66. The number of rotatable bonds is 4. The first-order chi connectivity index (χ1) is 14.6. The Morgan fingerprint density at radius 2 is 1.57 bits per heavy atom. The van der Waals surface area contributed by atoms with Crippen molar-refractivity contribution in [2.75, 3.05) is 13.1 Å². The SMILES string of the molecule is O=S1(=O)c2cccnc2O[C@H]2CN(Cc3ccccn3)C[C@@H]2N1Cc1ccccn1. The average Bonchev–Trinajstić information content (AvgIpc) is 3.11. The molecule has 0 unspecified atom stereocenters. The van der Waals surface area contributed by atoms with E-state index >= 15 is 0 Å². The minimum Gasteiger partial charge on any atom is -0.470 e. The Hall–Kier alpha value is -2.88. The molecule has 2 atom stereocenters. The molecule has 2 aliphatic rings. The summed E-state index contributed by atoms with van der Waals surface area (Å²) in [4.78, 5) is 15.2. The maximum atomic E-state index is 13.6. The quantitative estimate of drug-likeness (QED) is 0.631. The molecular formula is C21H21N5O3S. The predicted octanol–water partition coefficient (Wildman–Crippen LogP) is 1.71. The number of fused-ring (bicyclic) bond motifs is 2. The molecule has 0 spiro atoms. The molecular weight excluding hydrogens is 402 g/mol. The number of hydrogen-bond acceptors (Lipinski definition) is 7. The molecule has 154 valence electrons. The van der Waals surface area contributed by atoms with Crippen molar-refractivity contribution in [3.63, 3.8) is 0 Å². The van der Waals surface area contributed by atoms with Crippen molar-refractivity contribution >= 4 is 10.0 Å². The Morgan fingerprint density at radius 1 is 0.867 bits per heavy atom. The van der Waals surface area contributed by atoms with Crippen molar-refractivity contribution in [1.29, 1.82) is 0 Å². The van der Waals surface area contributed by atoms with E-state index < -0.39 is 10.0 Å². The Kier molecular flexibility index (Phi) is 4.93. The van der Waals surface area contributed by atoms with Crippen LogP contribution in [0.25, 0.3) is 0 Å². The fraction of sp³-hybridized carbons (Fsp3) is 0.286. The third kappa shape index (κ3) is 3.55.